The van der Waals surface area contributed by atoms with Gasteiger partial charge in [-0.2, -0.15) is 5.10 Å². The Bertz CT molecular complexity index is 691. The van der Waals surface area contributed by atoms with Crippen LogP contribution in [0.4, 0.5) is 11.4 Å². The van der Waals surface area contributed by atoms with Crippen LogP contribution in [0, 0.1) is 24.0 Å². The summed E-state index contributed by atoms with van der Waals surface area (Å²) in [7, 11) is 1.76. The summed E-state index contributed by atoms with van der Waals surface area (Å²) >= 11 is 0. The fraction of sp³-hybridized carbons (Fsp3) is 0.231. The number of anilines is 1. The molecule has 0 bridgehead atoms. The molecule has 0 fully saturated rings. The highest BCUT2D eigenvalue weighted by molar-refractivity contribution is 6.05. The second-order valence-corrected chi connectivity index (χ2v) is 4.43. The van der Waals surface area contributed by atoms with Crippen LogP contribution in [-0.4, -0.2) is 20.6 Å². The molecule has 2 rings (SSSR count). The second-order valence-electron chi connectivity index (χ2n) is 4.43. The highest BCUT2D eigenvalue weighted by atomic mass is 16.6. The SMILES string of the molecule is Cc1nn(C)c(C)c1C(=O)Nc1cccc([N+](=O)[O-])c1. The number of hydrogen-bond donors (Lipinski definition) is 1. The van der Waals surface area contributed by atoms with Crippen LogP contribution >= 0.6 is 0 Å². The summed E-state index contributed by atoms with van der Waals surface area (Å²) in [5, 5.41) is 17.5. The van der Waals surface area contributed by atoms with Gasteiger partial charge in [0.2, 0.25) is 0 Å². The topological polar surface area (TPSA) is 90.1 Å². The number of aromatic nitrogens is 2. The molecular weight excluding hydrogens is 260 g/mol. The molecule has 0 radical (unpaired) electrons. The number of rotatable bonds is 3. The molecule has 1 N–H and O–H groups in total. The molecule has 1 aromatic heterocycles. The Morgan fingerprint density at radius 3 is 2.65 bits per heavy atom. The van der Waals surface area contributed by atoms with Crippen LogP contribution in [0.1, 0.15) is 21.7 Å². The van der Waals surface area contributed by atoms with Gasteiger partial charge in [0, 0.05) is 30.6 Å². The van der Waals surface area contributed by atoms with E-state index in [0.29, 0.717) is 16.9 Å². The van der Waals surface area contributed by atoms with Crippen molar-refractivity contribution in [3.05, 3.63) is 51.3 Å². The minimum absolute atomic E-state index is 0.0672. The molecule has 0 aliphatic heterocycles. The Morgan fingerprint density at radius 1 is 1.40 bits per heavy atom. The van der Waals surface area contributed by atoms with Crippen molar-refractivity contribution in [3.63, 3.8) is 0 Å². The van der Waals surface area contributed by atoms with Crippen LogP contribution in [0.5, 0.6) is 0 Å². The Balaban J connectivity index is 2.28. The molecular formula is C13H14N4O3. The number of nitrogens with one attached hydrogen (secondary N) is 1. The lowest BCUT2D eigenvalue weighted by Gasteiger charge is -2.05. The van der Waals surface area contributed by atoms with Crippen LogP contribution in [0.2, 0.25) is 0 Å². The van der Waals surface area contributed by atoms with Crippen LogP contribution in [0.15, 0.2) is 24.3 Å². The summed E-state index contributed by atoms with van der Waals surface area (Å²) in [5.74, 6) is -0.325. The van der Waals surface area contributed by atoms with E-state index < -0.39 is 4.92 Å². The Hall–Kier alpha value is -2.70. The fourth-order valence-electron chi connectivity index (χ4n) is 1.99. The van der Waals surface area contributed by atoms with Crippen molar-refractivity contribution >= 4 is 17.3 Å². The van der Waals surface area contributed by atoms with Gasteiger partial charge >= 0.3 is 0 Å². The number of nitro benzene ring substituents is 1. The summed E-state index contributed by atoms with van der Waals surface area (Å²) < 4.78 is 1.62. The van der Waals surface area contributed by atoms with Gasteiger partial charge in [-0.3, -0.25) is 19.6 Å². The fourth-order valence-corrected chi connectivity index (χ4v) is 1.99. The van der Waals surface area contributed by atoms with Crippen molar-refractivity contribution in [2.24, 2.45) is 7.05 Å². The monoisotopic (exact) mass is 274 g/mol. The van der Waals surface area contributed by atoms with E-state index in [1.165, 1.54) is 18.2 Å². The van der Waals surface area contributed by atoms with Crippen LogP contribution in [0.25, 0.3) is 0 Å². The number of carbonyl (C=O) groups excluding carboxylic acids is 1. The lowest BCUT2D eigenvalue weighted by molar-refractivity contribution is -0.384. The van der Waals surface area contributed by atoms with E-state index in [2.05, 4.69) is 10.4 Å². The molecule has 0 saturated heterocycles. The first kappa shape index (κ1) is 13.7. The average Bonchev–Trinajstić information content (AvgIpc) is 2.63. The van der Waals surface area contributed by atoms with Gasteiger partial charge in [-0.1, -0.05) is 6.07 Å². The molecule has 0 unspecified atom stereocenters. The van der Waals surface area contributed by atoms with Crippen molar-refractivity contribution < 1.29 is 9.72 Å². The molecule has 1 heterocycles. The summed E-state index contributed by atoms with van der Waals surface area (Å²) in [6.07, 6.45) is 0. The average molecular weight is 274 g/mol. The second kappa shape index (κ2) is 5.12. The van der Waals surface area contributed by atoms with E-state index in [-0.39, 0.29) is 11.6 Å². The van der Waals surface area contributed by atoms with Gasteiger partial charge in [-0.25, -0.2) is 0 Å². The molecule has 0 spiro atoms. The molecule has 2 aromatic rings. The van der Waals surface area contributed by atoms with Gasteiger partial charge < -0.3 is 5.32 Å². The van der Waals surface area contributed by atoms with Gasteiger partial charge in [0.05, 0.1) is 16.2 Å². The number of carbonyl (C=O) groups is 1. The quantitative estimate of drug-likeness (QED) is 0.686. The summed E-state index contributed by atoms with van der Waals surface area (Å²) in [5.41, 5.74) is 2.16. The van der Waals surface area contributed by atoms with Crippen molar-refractivity contribution in [2.45, 2.75) is 13.8 Å². The first-order valence-electron chi connectivity index (χ1n) is 5.96. The van der Waals surface area contributed by atoms with E-state index >= 15 is 0 Å². The van der Waals surface area contributed by atoms with E-state index in [0.717, 1.165) is 5.69 Å². The van der Waals surface area contributed by atoms with Gasteiger partial charge in [-0.15, -0.1) is 0 Å². The summed E-state index contributed by atoms with van der Waals surface area (Å²) in [6, 6.07) is 5.82. The van der Waals surface area contributed by atoms with Crippen LogP contribution in [0.3, 0.4) is 0 Å². The van der Waals surface area contributed by atoms with E-state index in [1.54, 1.807) is 31.6 Å². The lowest BCUT2D eigenvalue weighted by Crippen LogP contribution is -2.14. The molecule has 7 nitrogen and oxygen atoms in total. The van der Waals surface area contributed by atoms with Crippen molar-refractivity contribution in [1.29, 1.82) is 0 Å². The molecule has 0 atom stereocenters. The number of hydrogen-bond acceptors (Lipinski definition) is 4. The van der Waals surface area contributed by atoms with E-state index in [4.69, 9.17) is 0 Å². The highest BCUT2D eigenvalue weighted by Gasteiger charge is 2.18. The highest BCUT2D eigenvalue weighted by Crippen LogP contribution is 2.19. The van der Waals surface area contributed by atoms with Gasteiger partial charge in [0.15, 0.2) is 0 Å². The zero-order chi connectivity index (χ0) is 14.9. The largest absolute Gasteiger partial charge is 0.322 e. The molecule has 104 valence electrons. The van der Waals surface area contributed by atoms with Crippen LogP contribution in [-0.2, 0) is 7.05 Å². The number of amides is 1. The minimum Gasteiger partial charge on any atom is -0.322 e. The minimum atomic E-state index is -0.504. The maximum Gasteiger partial charge on any atom is 0.271 e. The normalized spacial score (nSPS) is 10.3. The molecule has 20 heavy (non-hydrogen) atoms. The molecule has 7 heteroatoms. The predicted molar refractivity (Wildman–Crippen MR) is 73.7 cm³/mol. The van der Waals surface area contributed by atoms with Crippen molar-refractivity contribution in [3.8, 4) is 0 Å². The zero-order valence-electron chi connectivity index (χ0n) is 11.4. The van der Waals surface area contributed by atoms with Crippen molar-refractivity contribution in [2.75, 3.05) is 5.32 Å². The van der Waals surface area contributed by atoms with Gasteiger partial charge in [-0.05, 0) is 19.9 Å². The Labute approximate surface area is 115 Å². The van der Waals surface area contributed by atoms with Gasteiger partial charge in [0.25, 0.3) is 11.6 Å². The molecule has 0 saturated carbocycles. The van der Waals surface area contributed by atoms with E-state index in [9.17, 15) is 14.9 Å². The van der Waals surface area contributed by atoms with E-state index in [1.807, 2.05) is 0 Å². The third-order valence-corrected chi connectivity index (χ3v) is 3.05. The summed E-state index contributed by atoms with van der Waals surface area (Å²) in [4.78, 5) is 22.4. The van der Waals surface area contributed by atoms with Crippen molar-refractivity contribution in [1.82, 2.24) is 9.78 Å². The Morgan fingerprint density at radius 2 is 2.10 bits per heavy atom. The summed E-state index contributed by atoms with van der Waals surface area (Å²) in [6.45, 7) is 3.54. The smallest absolute Gasteiger partial charge is 0.271 e. The number of non-ortho nitro benzene ring substituents is 1. The predicted octanol–water partition coefficient (Wildman–Crippen LogP) is 2.20. The maximum absolute atomic E-state index is 12.2. The maximum atomic E-state index is 12.2. The third-order valence-electron chi connectivity index (χ3n) is 3.05. The number of nitro groups is 1. The number of benzene rings is 1. The standard InChI is InChI=1S/C13H14N4O3/c1-8-12(9(2)16(3)15-8)13(18)14-10-5-4-6-11(7-10)17(19)20/h4-7H,1-3H3,(H,14,18). The molecule has 1 amide bonds. The first-order valence-corrected chi connectivity index (χ1v) is 5.96. The number of nitrogens with zero attached hydrogens (tertiary/aromatic N) is 3. The lowest BCUT2D eigenvalue weighted by atomic mass is 10.1. The zero-order valence-corrected chi connectivity index (χ0v) is 11.4. The number of aryl methyl sites for hydroxylation is 2. The molecule has 0 aliphatic rings. The van der Waals surface area contributed by atoms with Crippen LogP contribution < -0.4 is 5.32 Å². The Kier molecular flexibility index (Phi) is 3.51. The molecule has 0 aliphatic carbocycles. The van der Waals surface area contributed by atoms with Gasteiger partial charge in [0.1, 0.15) is 0 Å². The first-order chi connectivity index (χ1) is 9.40. The molecule has 1 aromatic carbocycles. The third kappa shape index (κ3) is 2.51.